The van der Waals surface area contributed by atoms with E-state index in [4.69, 9.17) is 0 Å². The van der Waals surface area contributed by atoms with E-state index in [0.717, 1.165) is 13.0 Å². The zero-order chi connectivity index (χ0) is 11.8. The van der Waals surface area contributed by atoms with E-state index >= 15 is 0 Å². The molecule has 0 bridgehead atoms. The Labute approximate surface area is 93.3 Å². The molecule has 0 aromatic heterocycles. The summed E-state index contributed by atoms with van der Waals surface area (Å²) in [5.41, 5.74) is 1.18. The second kappa shape index (κ2) is 7.32. The van der Waals surface area contributed by atoms with Crippen LogP contribution >= 0.6 is 0 Å². The lowest BCUT2D eigenvalue weighted by atomic mass is 10.1. The van der Waals surface area contributed by atoms with Gasteiger partial charge in [-0.05, 0) is 25.2 Å². The average molecular weight is 212 g/mol. The minimum absolute atomic E-state index is 0.115. The number of carbonyl (C=O) groups is 1. The van der Waals surface area contributed by atoms with Gasteiger partial charge in [-0.1, -0.05) is 33.3 Å². The van der Waals surface area contributed by atoms with Crippen LogP contribution in [0, 0.1) is 11.8 Å². The fraction of sp³-hybridized carbons (Fsp3) is 0.750. The maximum Gasteiger partial charge on any atom is 0.318 e. The van der Waals surface area contributed by atoms with Gasteiger partial charge >= 0.3 is 6.03 Å². The molecule has 0 aliphatic rings. The summed E-state index contributed by atoms with van der Waals surface area (Å²) >= 11 is 0. The molecular formula is C12H24N2O. The van der Waals surface area contributed by atoms with Crippen LogP contribution < -0.4 is 10.6 Å². The Balaban J connectivity index is 3.71. The summed E-state index contributed by atoms with van der Waals surface area (Å²) < 4.78 is 0. The smallest absolute Gasteiger partial charge is 0.318 e. The van der Waals surface area contributed by atoms with Gasteiger partial charge in [0.2, 0.25) is 0 Å². The molecule has 0 saturated carbocycles. The van der Waals surface area contributed by atoms with Gasteiger partial charge in [-0.25, -0.2) is 4.79 Å². The maximum absolute atomic E-state index is 11.3. The lowest BCUT2D eigenvalue weighted by Crippen LogP contribution is -2.33. The Morgan fingerprint density at radius 1 is 1.27 bits per heavy atom. The number of urea groups is 1. The lowest BCUT2D eigenvalue weighted by Gasteiger charge is -2.08. The van der Waals surface area contributed by atoms with Gasteiger partial charge in [0.05, 0.1) is 0 Å². The Kier molecular flexibility index (Phi) is 6.84. The predicted octanol–water partition coefficient (Wildman–Crippen LogP) is 2.89. The van der Waals surface area contributed by atoms with Crippen molar-refractivity contribution in [3.63, 3.8) is 0 Å². The van der Waals surface area contributed by atoms with Crippen molar-refractivity contribution < 1.29 is 4.79 Å². The fourth-order valence-corrected chi connectivity index (χ4v) is 0.871. The van der Waals surface area contributed by atoms with Crippen molar-refractivity contribution in [1.82, 2.24) is 10.6 Å². The molecular weight excluding hydrogens is 188 g/mol. The predicted molar refractivity (Wildman–Crippen MR) is 64.6 cm³/mol. The van der Waals surface area contributed by atoms with Gasteiger partial charge in [0, 0.05) is 12.7 Å². The van der Waals surface area contributed by atoms with Crippen LogP contribution in [0.2, 0.25) is 0 Å². The number of rotatable bonds is 5. The fourth-order valence-electron chi connectivity index (χ4n) is 0.871. The number of allylic oxidation sites excluding steroid dienone is 1. The molecule has 0 fully saturated rings. The van der Waals surface area contributed by atoms with Crippen LogP contribution in [0.15, 0.2) is 11.8 Å². The number of hydrogen-bond donors (Lipinski definition) is 2. The minimum Gasteiger partial charge on any atom is -0.338 e. The molecule has 0 radical (unpaired) electrons. The number of hydrogen-bond acceptors (Lipinski definition) is 1. The van der Waals surface area contributed by atoms with Crippen LogP contribution in [-0.4, -0.2) is 12.6 Å². The molecule has 0 aliphatic heterocycles. The van der Waals surface area contributed by atoms with Crippen molar-refractivity contribution in [2.24, 2.45) is 11.8 Å². The Hall–Kier alpha value is -0.990. The molecule has 0 aromatic carbocycles. The summed E-state index contributed by atoms with van der Waals surface area (Å²) in [4.78, 5) is 11.3. The summed E-state index contributed by atoms with van der Waals surface area (Å²) in [5, 5.41) is 5.54. The van der Waals surface area contributed by atoms with E-state index in [9.17, 15) is 4.79 Å². The van der Waals surface area contributed by atoms with Crippen LogP contribution in [0.3, 0.4) is 0 Å². The standard InChI is InChI=1S/C12H24N2O/c1-9(2)6-7-13-12(15)14-8-11(5)10(3)4/h8-10H,6-7H2,1-5H3,(H2,13,14,15)/b11-8+. The molecule has 0 rings (SSSR count). The molecule has 0 atom stereocenters. The van der Waals surface area contributed by atoms with Gasteiger partial charge in [0.1, 0.15) is 0 Å². The molecule has 0 saturated heterocycles. The van der Waals surface area contributed by atoms with Crippen molar-refractivity contribution in [1.29, 1.82) is 0 Å². The molecule has 3 nitrogen and oxygen atoms in total. The molecule has 3 heteroatoms. The van der Waals surface area contributed by atoms with Gasteiger partial charge in [-0.2, -0.15) is 0 Å². The molecule has 0 aromatic rings. The first kappa shape index (κ1) is 14.0. The zero-order valence-electron chi connectivity index (χ0n) is 10.6. The van der Waals surface area contributed by atoms with Crippen LogP contribution in [0.1, 0.15) is 41.0 Å². The van der Waals surface area contributed by atoms with E-state index in [2.05, 4.69) is 38.3 Å². The van der Waals surface area contributed by atoms with E-state index < -0.39 is 0 Å². The number of nitrogens with one attached hydrogen (secondary N) is 2. The third kappa shape index (κ3) is 8.03. The number of amides is 2. The molecule has 2 amide bonds. The Morgan fingerprint density at radius 2 is 1.87 bits per heavy atom. The van der Waals surface area contributed by atoms with Crippen LogP contribution in [0.4, 0.5) is 4.79 Å². The van der Waals surface area contributed by atoms with E-state index in [1.54, 1.807) is 6.20 Å². The highest BCUT2D eigenvalue weighted by atomic mass is 16.2. The van der Waals surface area contributed by atoms with E-state index in [1.165, 1.54) is 5.57 Å². The van der Waals surface area contributed by atoms with Crippen molar-refractivity contribution >= 4 is 6.03 Å². The summed E-state index contributed by atoms with van der Waals surface area (Å²) in [5.74, 6) is 1.10. The molecule has 0 unspecified atom stereocenters. The van der Waals surface area contributed by atoms with Crippen LogP contribution in [0.25, 0.3) is 0 Å². The van der Waals surface area contributed by atoms with Crippen molar-refractivity contribution in [2.45, 2.75) is 41.0 Å². The van der Waals surface area contributed by atoms with Gasteiger partial charge in [0.25, 0.3) is 0 Å². The zero-order valence-corrected chi connectivity index (χ0v) is 10.6. The average Bonchev–Trinajstić information content (AvgIpc) is 2.13. The third-order valence-corrected chi connectivity index (χ3v) is 2.35. The first-order chi connectivity index (χ1) is 6.93. The molecule has 0 heterocycles. The van der Waals surface area contributed by atoms with Gasteiger partial charge in [0.15, 0.2) is 0 Å². The topological polar surface area (TPSA) is 41.1 Å². The first-order valence-corrected chi connectivity index (χ1v) is 5.64. The van der Waals surface area contributed by atoms with E-state index in [0.29, 0.717) is 11.8 Å². The van der Waals surface area contributed by atoms with E-state index in [1.807, 2.05) is 6.92 Å². The normalized spacial score (nSPS) is 12.1. The van der Waals surface area contributed by atoms with Crippen molar-refractivity contribution in [3.05, 3.63) is 11.8 Å². The highest BCUT2D eigenvalue weighted by molar-refractivity contribution is 5.74. The molecule has 15 heavy (non-hydrogen) atoms. The SMILES string of the molecule is C/C(=C\NC(=O)NCCC(C)C)C(C)C. The molecule has 0 aliphatic carbocycles. The summed E-state index contributed by atoms with van der Waals surface area (Å²) in [6.45, 7) is 11.2. The van der Waals surface area contributed by atoms with Crippen LogP contribution in [0.5, 0.6) is 0 Å². The summed E-state index contributed by atoms with van der Waals surface area (Å²) in [6.07, 6.45) is 2.79. The monoisotopic (exact) mass is 212 g/mol. The van der Waals surface area contributed by atoms with Gasteiger partial charge in [-0.15, -0.1) is 0 Å². The van der Waals surface area contributed by atoms with Crippen molar-refractivity contribution in [2.75, 3.05) is 6.54 Å². The molecule has 0 spiro atoms. The van der Waals surface area contributed by atoms with Crippen molar-refractivity contribution in [3.8, 4) is 0 Å². The quantitative estimate of drug-likeness (QED) is 0.723. The lowest BCUT2D eigenvalue weighted by molar-refractivity contribution is 0.243. The minimum atomic E-state index is -0.115. The second-order valence-corrected chi connectivity index (χ2v) is 4.63. The highest BCUT2D eigenvalue weighted by Gasteiger charge is 2.00. The summed E-state index contributed by atoms with van der Waals surface area (Å²) in [6, 6.07) is -0.115. The Bertz CT molecular complexity index is 220. The molecule has 88 valence electrons. The van der Waals surface area contributed by atoms with Gasteiger partial charge in [-0.3, -0.25) is 0 Å². The highest BCUT2D eigenvalue weighted by Crippen LogP contribution is 2.05. The Morgan fingerprint density at radius 3 is 2.33 bits per heavy atom. The van der Waals surface area contributed by atoms with Gasteiger partial charge < -0.3 is 10.6 Å². The van der Waals surface area contributed by atoms with E-state index in [-0.39, 0.29) is 6.03 Å². The largest absolute Gasteiger partial charge is 0.338 e. The first-order valence-electron chi connectivity index (χ1n) is 5.64. The maximum atomic E-state index is 11.3. The summed E-state index contributed by atoms with van der Waals surface area (Å²) in [7, 11) is 0. The third-order valence-electron chi connectivity index (χ3n) is 2.35. The number of carbonyl (C=O) groups excluding carboxylic acids is 1. The molecule has 2 N–H and O–H groups in total. The second-order valence-electron chi connectivity index (χ2n) is 4.63. The van der Waals surface area contributed by atoms with Crippen LogP contribution in [-0.2, 0) is 0 Å².